The first kappa shape index (κ1) is 12.2. The van der Waals surface area contributed by atoms with Gasteiger partial charge in [-0.3, -0.25) is 0 Å². The lowest BCUT2D eigenvalue weighted by Gasteiger charge is -2.00. The van der Waals surface area contributed by atoms with E-state index in [-0.39, 0.29) is 0 Å². The van der Waals surface area contributed by atoms with E-state index in [1.807, 2.05) is 12.2 Å². The molecular weight excluding hydrogens is 220 g/mol. The number of benzene rings is 1. The second kappa shape index (κ2) is 5.92. The third-order valence-corrected chi connectivity index (χ3v) is 2.86. The summed E-state index contributed by atoms with van der Waals surface area (Å²) in [4.78, 5) is 0. The first-order chi connectivity index (χ1) is 8.27. The first-order valence-corrected chi connectivity index (χ1v) is 6.08. The van der Waals surface area contributed by atoms with E-state index in [2.05, 4.69) is 5.32 Å². The Morgan fingerprint density at radius 1 is 1.24 bits per heavy atom. The van der Waals surface area contributed by atoms with E-state index in [1.54, 1.807) is 6.07 Å². The lowest BCUT2D eigenvalue weighted by Crippen LogP contribution is -2.16. The van der Waals surface area contributed by atoms with Gasteiger partial charge in [-0.1, -0.05) is 24.3 Å². The molecule has 1 aliphatic rings. The van der Waals surface area contributed by atoms with Crippen LogP contribution < -0.4 is 5.32 Å². The molecule has 1 saturated carbocycles. The van der Waals surface area contributed by atoms with E-state index < -0.39 is 11.6 Å². The number of halogens is 2. The van der Waals surface area contributed by atoms with Crippen LogP contribution in [0.3, 0.4) is 0 Å². The number of allylic oxidation sites excluding steroid dienone is 1. The number of rotatable bonds is 6. The predicted molar refractivity (Wildman–Crippen MR) is 64.8 cm³/mol. The molecule has 0 aromatic heterocycles. The van der Waals surface area contributed by atoms with E-state index in [0.717, 1.165) is 25.1 Å². The third kappa shape index (κ3) is 3.93. The van der Waals surface area contributed by atoms with Crippen molar-refractivity contribution in [3.05, 3.63) is 47.5 Å². The summed E-state index contributed by atoms with van der Waals surface area (Å²) < 4.78 is 26.2. The molecule has 0 heterocycles. The lowest BCUT2D eigenvalue weighted by atomic mass is 10.1. The average molecular weight is 237 g/mol. The topological polar surface area (TPSA) is 12.0 Å². The van der Waals surface area contributed by atoms with Gasteiger partial charge in [-0.05, 0) is 43.9 Å². The van der Waals surface area contributed by atoms with Crippen molar-refractivity contribution in [2.24, 2.45) is 0 Å². The van der Waals surface area contributed by atoms with E-state index >= 15 is 0 Å². The molecule has 1 N–H and O–H groups in total. The van der Waals surface area contributed by atoms with Crippen molar-refractivity contribution in [2.75, 3.05) is 6.54 Å². The van der Waals surface area contributed by atoms with Crippen molar-refractivity contribution in [3.8, 4) is 0 Å². The maximum absolute atomic E-state index is 13.3. The van der Waals surface area contributed by atoms with Gasteiger partial charge in [-0.2, -0.15) is 0 Å². The number of hydrogen-bond acceptors (Lipinski definition) is 1. The summed E-state index contributed by atoms with van der Waals surface area (Å²) in [5.41, 5.74) is 0.413. The summed E-state index contributed by atoms with van der Waals surface area (Å²) in [5, 5.41) is 3.39. The molecule has 92 valence electrons. The van der Waals surface area contributed by atoms with Crippen molar-refractivity contribution in [3.63, 3.8) is 0 Å². The van der Waals surface area contributed by atoms with E-state index in [4.69, 9.17) is 0 Å². The SMILES string of the molecule is Fc1cccc(CC=CCCNC2CC2)c1F. The molecule has 0 aliphatic heterocycles. The summed E-state index contributed by atoms with van der Waals surface area (Å²) in [6, 6.07) is 5.02. The van der Waals surface area contributed by atoms with Crippen molar-refractivity contribution in [1.82, 2.24) is 5.32 Å². The third-order valence-electron chi connectivity index (χ3n) is 2.86. The Kier molecular flexibility index (Phi) is 4.26. The van der Waals surface area contributed by atoms with Gasteiger partial charge in [0.1, 0.15) is 0 Å². The highest BCUT2D eigenvalue weighted by Crippen LogP contribution is 2.18. The second-order valence-electron chi connectivity index (χ2n) is 4.41. The summed E-state index contributed by atoms with van der Waals surface area (Å²) in [6.07, 6.45) is 7.88. The van der Waals surface area contributed by atoms with Gasteiger partial charge < -0.3 is 5.32 Å². The van der Waals surface area contributed by atoms with Gasteiger partial charge >= 0.3 is 0 Å². The molecular formula is C14H17F2N. The van der Waals surface area contributed by atoms with Gasteiger partial charge in [0.2, 0.25) is 0 Å². The van der Waals surface area contributed by atoms with Crippen LogP contribution in [0.1, 0.15) is 24.8 Å². The monoisotopic (exact) mass is 237 g/mol. The van der Waals surface area contributed by atoms with Gasteiger partial charge in [0.05, 0.1) is 0 Å². The van der Waals surface area contributed by atoms with E-state index in [1.165, 1.54) is 18.9 Å². The molecule has 0 atom stereocenters. The Labute approximate surface area is 101 Å². The highest BCUT2D eigenvalue weighted by Gasteiger charge is 2.19. The van der Waals surface area contributed by atoms with Crippen molar-refractivity contribution in [1.29, 1.82) is 0 Å². The highest BCUT2D eigenvalue weighted by molar-refractivity contribution is 5.21. The summed E-state index contributed by atoms with van der Waals surface area (Å²) in [6.45, 7) is 0.965. The van der Waals surface area contributed by atoms with Crippen LogP contribution in [0, 0.1) is 11.6 Å². The minimum absolute atomic E-state index is 0.413. The van der Waals surface area contributed by atoms with Crippen LogP contribution >= 0.6 is 0 Å². The fourth-order valence-electron chi connectivity index (χ4n) is 1.69. The van der Waals surface area contributed by atoms with Crippen molar-refractivity contribution in [2.45, 2.75) is 31.7 Å². The zero-order valence-electron chi connectivity index (χ0n) is 9.76. The Morgan fingerprint density at radius 2 is 2.06 bits per heavy atom. The largest absolute Gasteiger partial charge is 0.314 e. The zero-order chi connectivity index (χ0) is 12.1. The van der Waals surface area contributed by atoms with Crippen LogP contribution in [-0.4, -0.2) is 12.6 Å². The van der Waals surface area contributed by atoms with Crippen LogP contribution in [0.5, 0.6) is 0 Å². The maximum atomic E-state index is 13.3. The van der Waals surface area contributed by atoms with Gasteiger partial charge in [-0.15, -0.1) is 0 Å². The minimum atomic E-state index is -0.772. The fraction of sp³-hybridized carbons (Fsp3) is 0.429. The summed E-state index contributed by atoms with van der Waals surface area (Å²) >= 11 is 0. The van der Waals surface area contributed by atoms with Gasteiger partial charge in [-0.25, -0.2) is 8.78 Å². The van der Waals surface area contributed by atoms with Crippen LogP contribution in [0.2, 0.25) is 0 Å². The minimum Gasteiger partial charge on any atom is -0.314 e. The van der Waals surface area contributed by atoms with Gasteiger partial charge in [0.15, 0.2) is 11.6 Å². The summed E-state index contributed by atoms with van der Waals surface area (Å²) in [7, 11) is 0. The molecule has 1 aromatic carbocycles. The molecule has 1 fully saturated rings. The van der Waals surface area contributed by atoms with Crippen molar-refractivity contribution >= 4 is 0 Å². The average Bonchev–Trinajstić information content (AvgIpc) is 3.12. The standard InChI is InChI=1S/C14H17F2N/c15-13-7-4-6-11(14(13)16)5-2-1-3-10-17-12-8-9-12/h1-2,4,6-7,12,17H,3,5,8-10H2. The zero-order valence-corrected chi connectivity index (χ0v) is 9.76. The Morgan fingerprint density at radius 3 is 2.82 bits per heavy atom. The first-order valence-electron chi connectivity index (χ1n) is 6.08. The molecule has 1 aromatic rings. The Bertz CT molecular complexity index is 397. The molecule has 2 rings (SSSR count). The molecule has 0 amide bonds. The molecule has 0 bridgehead atoms. The molecule has 0 saturated heterocycles. The normalized spacial score (nSPS) is 15.6. The van der Waals surface area contributed by atoms with Gasteiger partial charge in [0, 0.05) is 6.04 Å². The molecule has 0 spiro atoms. The van der Waals surface area contributed by atoms with E-state index in [9.17, 15) is 8.78 Å². The van der Waals surface area contributed by atoms with E-state index in [0.29, 0.717) is 12.0 Å². The van der Waals surface area contributed by atoms with Crippen LogP contribution in [0.25, 0.3) is 0 Å². The molecule has 0 unspecified atom stereocenters. The molecule has 1 nitrogen and oxygen atoms in total. The highest BCUT2D eigenvalue weighted by atomic mass is 19.2. The van der Waals surface area contributed by atoms with Crippen LogP contribution in [-0.2, 0) is 6.42 Å². The van der Waals surface area contributed by atoms with Gasteiger partial charge in [0.25, 0.3) is 0 Å². The molecule has 1 aliphatic carbocycles. The van der Waals surface area contributed by atoms with Crippen LogP contribution in [0.4, 0.5) is 8.78 Å². The predicted octanol–water partition coefficient (Wildman–Crippen LogP) is 3.21. The smallest absolute Gasteiger partial charge is 0.162 e. The lowest BCUT2D eigenvalue weighted by molar-refractivity contribution is 0.501. The maximum Gasteiger partial charge on any atom is 0.162 e. The Balaban J connectivity index is 1.72. The molecule has 3 heteroatoms. The molecule has 0 radical (unpaired) electrons. The van der Waals surface area contributed by atoms with Crippen molar-refractivity contribution < 1.29 is 8.78 Å². The second-order valence-corrected chi connectivity index (χ2v) is 4.41. The molecule has 17 heavy (non-hydrogen) atoms. The quantitative estimate of drug-likeness (QED) is 0.591. The van der Waals surface area contributed by atoms with Crippen LogP contribution in [0.15, 0.2) is 30.4 Å². The number of nitrogens with one attached hydrogen (secondary N) is 1. The fourth-order valence-corrected chi connectivity index (χ4v) is 1.69. The Hall–Kier alpha value is -1.22. The number of hydrogen-bond donors (Lipinski definition) is 1. The summed E-state index contributed by atoms with van der Waals surface area (Å²) in [5.74, 6) is -1.50.